The average Bonchev–Trinajstić information content (AvgIpc) is 2.48. The summed E-state index contributed by atoms with van der Waals surface area (Å²) in [6, 6.07) is 10.8. The van der Waals surface area contributed by atoms with Crippen molar-refractivity contribution in [1.29, 1.82) is 0 Å². The van der Waals surface area contributed by atoms with Gasteiger partial charge < -0.3 is 10.6 Å². The molecule has 2 aromatic rings. The standard InChI is InChI=1S/C15H12ClFN2OS/c1-19(11-5-2-9(3-6-11)14(18)21)15(20)10-4-7-13(17)12(16)8-10/h2-8H,1H3,(H2,18,21). The highest BCUT2D eigenvalue weighted by Gasteiger charge is 2.15. The molecule has 0 bridgehead atoms. The molecule has 0 aromatic heterocycles. The predicted octanol–water partition coefficient (Wildman–Crippen LogP) is 3.39. The van der Waals surface area contributed by atoms with Crippen LogP contribution in [0.4, 0.5) is 10.1 Å². The summed E-state index contributed by atoms with van der Waals surface area (Å²) in [6.45, 7) is 0. The number of rotatable bonds is 3. The minimum atomic E-state index is -0.559. The SMILES string of the molecule is CN(C(=O)c1ccc(F)c(Cl)c1)c1ccc(C(N)=S)cc1. The Bertz CT molecular complexity index is 703. The lowest BCUT2D eigenvalue weighted by Crippen LogP contribution is -2.26. The maximum absolute atomic E-state index is 13.1. The molecule has 21 heavy (non-hydrogen) atoms. The highest BCUT2D eigenvalue weighted by molar-refractivity contribution is 7.80. The molecule has 0 aliphatic carbocycles. The van der Waals surface area contributed by atoms with E-state index in [0.717, 1.165) is 5.56 Å². The molecule has 2 rings (SSSR count). The van der Waals surface area contributed by atoms with Crippen LogP contribution in [0.2, 0.25) is 5.02 Å². The van der Waals surface area contributed by atoms with Crippen molar-refractivity contribution in [1.82, 2.24) is 0 Å². The molecule has 0 saturated heterocycles. The normalized spacial score (nSPS) is 10.2. The Kier molecular flexibility index (Phi) is 4.55. The van der Waals surface area contributed by atoms with Crippen LogP contribution in [0.15, 0.2) is 42.5 Å². The van der Waals surface area contributed by atoms with Crippen LogP contribution in [0.5, 0.6) is 0 Å². The first-order chi connectivity index (χ1) is 9.90. The van der Waals surface area contributed by atoms with E-state index in [-0.39, 0.29) is 10.9 Å². The Balaban J connectivity index is 2.25. The zero-order valence-electron chi connectivity index (χ0n) is 11.1. The van der Waals surface area contributed by atoms with Crippen molar-refractivity contribution in [3.63, 3.8) is 0 Å². The van der Waals surface area contributed by atoms with Gasteiger partial charge in [0.05, 0.1) is 5.02 Å². The van der Waals surface area contributed by atoms with Crippen LogP contribution >= 0.6 is 23.8 Å². The zero-order chi connectivity index (χ0) is 15.6. The van der Waals surface area contributed by atoms with E-state index in [1.807, 2.05) is 0 Å². The highest BCUT2D eigenvalue weighted by Crippen LogP contribution is 2.20. The van der Waals surface area contributed by atoms with E-state index in [4.69, 9.17) is 29.6 Å². The van der Waals surface area contributed by atoms with Crippen molar-refractivity contribution in [2.45, 2.75) is 0 Å². The number of amides is 1. The molecule has 0 aliphatic rings. The summed E-state index contributed by atoms with van der Waals surface area (Å²) in [4.78, 5) is 14.1. The topological polar surface area (TPSA) is 46.3 Å². The van der Waals surface area contributed by atoms with Gasteiger partial charge in [0.1, 0.15) is 10.8 Å². The Hall–Kier alpha value is -1.98. The largest absolute Gasteiger partial charge is 0.389 e. The number of nitrogens with zero attached hydrogens (tertiary/aromatic N) is 1. The lowest BCUT2D eigenvalue weighted by atomic mass is 10.1. The number of hydrogen-bond acceptors (Lipinski definition) is 2. The number of carbonyl (C=O) groups excluding carboxylic acids is 1. The Morgan fingerprint density at radius 1 is 1.19 bits per heavy atom. The molecule has 0 saturated carbocycles. The van der Waals surface area contributed by atoms with Crippen molar-refractivity contribution < 1.29 is 9.18 Å². The fourth-order valence-corrected chi connectivity index (χ4v) is 2.11. The van der Waals surface area contributed by atoms with Gasteiger partial charge in [-0.25, -0.2) is 4.39 Å². The third kappa shape index (κ3) is 3.37. The van der Waals surface area contributed by atoms with E-state index in [1.165, 1.54) is 23.1 Å². The number of benzene rings is 2. The Labute approximate surface area is 132 Å². The molecular formula is C15H12ClFN2OS. The van der Waals surface area contributed by atoms with Crippen molar-refractivity contribution in [3.05, 3.63) is 64.4 Å². The Morgan fingerprint density at radius 3 is 2.29 bits per heavy atom. The molecular weight excluding hydrogens is 311 g/mol. The molecule has 1 amide bonds. The second kappa shape index (κ2) is 6.20. The third-order valence-corrected chi connectivity index (χ3v) is 3.54. The molecule has 0 spiro atoms. The number of anilines is 1. The molecule has 0 fully saturated rings. The van der Waals surface area contributed by atoms with Gasteiger partial charge in [0.15, 0.2) is 0 Å². The van der Waals surface area contributed by atoms with Crippen molar-refractivity contribution in [2.24, 2.45) is 5.73 Å². The van der Waals surface area contributed by atoms with Gasteiger partial charge in [0.25, 0.3) is 5.91 Å². The van der Waals surface area contributed by atoms with E-state index in [9.17, 15) is 9.18 Å². The summed E-state index contributed by atoms with van der Waals surface area (Å²) >= 11 is 10.6. The van der Waals surface area contributed by atoms with E-state index in [1.54, 1.807) is 31.3 Å². The summed E-state index contributed by atoms with van der Waals surface area (Å²) in [5.74, 6) is -0.850. The lowest BCUT2D eigenvalue weighted by Gasteiger charge is -2.18. The number of thiocarbonyl (C=S) groups is 1. The number of carbonyl (C=O) groups is 1. The maximum atomic E-state index is 13.1. The Morgan fingerprint density at radius 2 is 1.76 bits per heavy atom. The first kappa shape index (κ1) is 15.4. The summed E-state index contributed by atoms with van der Waals surface area (Å²) in [5, 5.41) is -0.0851. The first-order valence-electron chi connectivity index (χ1n) is 6.03. The van der Waals surface area contributed by atoms with Crippen LogP contribution in [-0.2, 0) is 0 Å². The van der Waals surface area contributed by atoms with Gasteiger partial charge in [0.2, 0.25) is 0 Å². The molecule has 108 valence electrons. The van der Waals surface area contributed by atoms with Crippen molar-refractivity contribution >= 4 is 40.4 Å². The number of hydrogen-bond donors (Lipinski definition) is 1. The van der Waals surface area contributed by atoms with Gasteiger partial charge in [-0.15, -0.1) is 0 Å². The molecule has 6 heteroatoms. The lowest BCUT2D eigenvalue weighted by molar-refractivity contribution is 0.0993. The van der Waals surface area contributed by atoms with Crippen LogP contribution in [-0.4, -0.2) is 17.9 Å². The number of halogens is 2. The summed E-state index contributed by atoms with van der Waals surface area (Å²) in [6.07, 6.45) is 0. The third-order valence-electron chi connectivity index (χ3n) is 3.01. The summed E-state index contributed by atoms with van der Waals surface area (Å²) in [7, 11) is 1.62. The molecule has 2 aromatic carbocycles. The predicted molar refractivity (Wildman–Crippen MR) is 86.5 cm³/mol. The summed E-state index contributed by atoms with van der Waals surface area (Å²) in [5.41, 5.74) is 7.22. The van der Waals surface area contributed by atoms with Crippen LogP contribution in [0, 0.1) is 5.82 Å². The molecule has 0 unspecified atom stereocenters. The molecule has 0 atom stereocenters. The molecule has 2 N–H and O–H groups in total. The van der Waals surface area contributed by atoms with Crippen LogP contribution < -0.4 is 10.6 Å². The van der Waals surface area contributed by atoms with Gasteiger partial charge in [0, 0.05) is 23.9 Å². The van der Waals surface area contributed by atoms with Crippen LogP contribution in [0.1, 0.15) is 15.9 Å². The van der Waals surface area contributed by atoms with E-state index < -0.39 is 5.82 Å². The van der Waals surface area contributed by atoms with E-state index >= 15 is 0 Å². The van der Waals surface area contributed by atoms with E-state index in [0.29, 0.717) is 16.2 Å². The second-order valence-electron chi connectivity index (χ2n) is 4.40. The smallest absolute Gasteiger partial charge is 0.258 e. The fraction of sp³-hybridized carbons (Fsp3) is 0.0667. The van der Waals surface area contributed by atoms with Crippen molar-refractivity contribution in [2.75, 3.05) is 11.9 Å². The van der Waals surface area contributed by atoms with Gasteiger partial charge in [-0.2, -0.15) is 0 Å². The highest BCUT2D eigenvalue weighted by atomic mass is 35.5. The maximum Gasteiger partial charge on any atom is 0.258 e. The van der Waals surface area contributed by atoms with Crippen molar-refractivity contribution in [3.8, 4) is 0 Å². The molecule has 0 radical (unpaired) electrons. The average molecular weight is 323 g/mol. The quantitative estimate of drug-likeness (QED) is 0.881. The van der Waals surface area contributed by atoms with Gasteiger partial charge in [-0.1, -0.05) is 23.8 Å². The van der Waals surface area contributed by atoms with Gasteiger partial charge in [-0.05, 0) is 42.5 Å². The van der Waals surface area contributed by atoms with Gasteiger partial charge in [-0.3, -0.25) is 4.79 Å². The van der Waals surface area contributed by atoms with Gasteiger partial charge >= 0.3 is 0 Å². The molecule has 0 aliphatic heterocycles. The minimum absolute atomic E-state index is 0.0851. The fourth-order valence-electron chi connectivity index (χ4n) is 1.79. The summed E-state index contributed by atoms with van der Waals surface area (Å²) < 4.78 is 13.1. The molecule has 0 heterocycles. The van der Waals surface area contributed by atoms with E-state index in [2.05, 4.69) is 0 Å². The number of nitrogens with two attached hydrogens (primary N) is 1. The molecule has 3 nitrogen and oxygen atoms in total. The minimum Gasteiger partial charge on any atom is -0.389 e. The van der Waals surface area contributed by atoms with Crippen LogP contribution in [0.3, 0.4) is 0 Å². The van der Waals surface area contributed by atoms with Crippen LogP contribution in [0.25, 0.3) is 0 Å². The second-order valence-corrected chi connectivity index (χ2v) is 5.25. The first-order valence-corrected chi connectivity index (χ1v) is 6.81. The monoisotopic (exact) mass is 322 g/mol. The zero-order valence-corrected chi connectivity index (χ0v) is 12.7.